The Kier molecular flexibility index (Phi) is 4.87. The van der Waals surface area contributed by atoms with Crippen LogP contribution in [0, 0.1) is 0 Å². The molecule has 0 bridgehead atoms. The van der Waals surface area contributed by atoms with Gasteiger partial charge in [-0.25, -0.2) is 9.97 Å². The van der Waals surface area contributed by atoms with Crippen molar-refractivity contribution in [2.45, 2.75) is 42.9 Å². The molecule has 6 heteroatoms. The van der Waals surface area contributed by atoms with E-state index in [2.05, 4.69) is 20.6 Å². The van der Waals surface area contributed by atoms with Gasteiger partial charge in [0.25, 0.3) is 0 Å². The van der Waals surface area contributed by atoms with Crippen LogP contribution in [0.3, 0.4) is 0 Å². The van der Waals surface area contributed by atoms with Crippen LogP contribution in [0.2, 0.25) is 0 Å². The lowest BCUT2D eigenvalue weighted by atomic mass is 9.85. The SMILES string of the molecule is CNc1cc(NCC2(O)CCCCC2)nc(SC)n1. The smallest absolute Gasteiger partial charge is 0.191 e. The van der Waals surface area contributed by atoms with Crippen molar-refractivity contribution < 1.29 is 5.11 Å². The largest absolute Gasteiger partial charge is 0.388 e. The number of nitrogens with one attached hydrogen (secondary N) is 2. The van der Waals surface area contributed by atoms with Crippen LogP contribution in [-0.2, 0) is 0 Å². The maximum Gasteiger partial charge on any atom is 0.191 e. The molecule has 1 fully saturated rings. The van der Waals surface area contributed by atoms with Crippen LogP contribution in [0.5, 0.6) is 0 Å². The monoisotopic (exact) mass is 282 g/mol. The molecule has 0 radical (unpaired) electrons. The van der Waals surface area contributed by atoms with Crippen molar-refractivity contribution in [2.24, 2.45) is 0 Å². The molecule has 19 heavy (non-hydrogen) atoms. The van der Waals surface area contributed by atoms with Crippen LogP contribution in [0.15, 0.2) is 11.2 Å². The van der Waals surface area contributed by atoms with Gasteiger partial charge in [-0.1, -0.05) is 31.0 Å². The number of aromatic nitrogens is 2. The van der Waals surface area contributed by atoms with Crippen molar-refractivity contribution in [1.82, 2.24) is 9.97 Å². The summed E-state index contributed by atoms with van der Waals surface area (Å²) < 4.78 is 0. The first kappa shape index (κ1) is 14.4. The lowest BCUT2D eigenvalue weighted by Gasteiger charge is -2.32. The minimum Gasteiger partial charge on any atom is -0.388 e. The number of anilines is 2. The van der Waals surface area contributed by atoms with Gasteiger partial charge in [0.15, 0.2) is 5.16 Å². The summed E-state index contributed by atoms with van der Waals surface area (Å²) in [6.45, 7) is 0.557. The summed E-state index contributed by atoms with van der Waals surface area (Å²) >= 11 is 1.51. The Bertz CT molecular complexity index is 399. The second-order valence-electron chi connectivity index (χ2n) is 5.01. The molecule has 5 nitrogen and oxygen atoms in total. The number of hydrogen-bond donors (Lipinski definition) is 3. The van der Waals surface area contributed by atoms with E-state index in [1.165, 1.54) is 18.2 Å². The Hall–Kier alpha value is -1.01. The van der Waals surface area contributed by atoms with E-state index in [1.54, 1.807) is 0 Å². The molecule has 1 aliphatic carbocycles. The fraction of sp³-hybridized carbons (Fsp3) is 0.692. The summed E-state index contributed by atoms with van der Waals surface area (Å²) in [7, 11) is 1.84. The van der Waals surface area contributed by atoms with Gasteiger partial charge in [-0.05, 0) is 19.1 Å². The van der Waals surface area contributed by atoms with Crippen molar-refractivity contribution in [3.8, 4) is 0 Å². The molecule has 0 unspecified atom stereocenters. The minimum atomic E-state index is -0.581. The van der Waals surface area contributed by atoms with Gasteiger partial charge >= 0.3 is 0 Å². The molecule has 0 saturated heterocycles. The number of thioether (sulfide) groups is 1. The van der Waals surface area contributed by atoms with E-state index in [9.17, 15) is 5.11 Å². The standard InChI is InChI=1S/C13H22N4OS/c1-14-10-8-11(17-12(16-10)19-2)15-9-13(18)6-4-3-5-7-13/h8,18H,3-7,9H2,1-2H3,(H2,14,15,16,17). The van der Waals surface area contributed by atoms with Gasteiger partial charge in [-0.2, -0.15) is 0 Å². The zero-order valence-electron chi connectivity index (χ0n) is 11.6. The highest BCUT2D eigenvalue weighted by Crippen LogP contribution is 2.28. The summed E-state index contributed by atoms with van der Waals surface area (Å²) in [6, 6.07) is 1.87. The van der Waals surface area contributed by atoms with E-state index in [0.717, 1.165) is 42.5 Å². The normalized spacial score (nSPS) is 18.1. The highest BCUT2D eigenvalue weighted by atomic mass is 32.2. The van der Waals surface area contributed by atoms with E-state index in [4.69, 9.17) is 0 Å². The van der Waals surface area contributed by atoms with Gasteiger partial charge in [0, 0.05) is 19.7 Å². The molecular formula is C13H22N4OS. The Morgan fingerprint density at radius 3 is 2.58 bits per heavy atom. The van der Waals surface area contributed by atoms with Crippen LogP contribution in [0.25, 0.3) is 0 Å². The number of nitrogens with zero attached hydrogens (tertiary/aromatic N) is 2. The summed E-state index contributed by atoms with van der Waals surface area (Å²) in [6.07, 6.45) is 7.15. The Balaban J connectivity index is 2.02. The third-order valence-electron chi connectivity index (χ3n) is 3.53. The fourth-order valence-electron chi connectivity index (χ4n) is 2.38. The van der Waals surface area contributed by atoms with Gasteiger partial charge in [0.05, 0.1) is 5.60 Å². The predicted molar refractivity (Wildman–Crippen MR) is 79.9 cm³/mol. The molecule has 3 N–H and O–H groups in total. The van der Waals surface area contributed by atoms with Crippen LogP contribution >= 0.6 is 11.8 Å². The quantitative estimate of drug-likeness (QED) is 0.569. The first-order valence-corrected chi connectivity index (χ1v) is 7.95. The molecule has 1 heterocycles. The molecule has 1 aliphatic rings. The van der Waals surface area contributed by atoms with Crippen molar-refractivity contribution >= 4 is 23.4 Å². The lowest BCUT2D eigenvalue weighted by molar-refractivity contribution is 0.0166. The lowest BCUT2D eigenvalue weighted by Crippen LogP contribution is -2.39. The molecule has 0 spiro atoms. The molecular weight excluding hydrogens is 260 g/mol. The minimum absolute atomic E-state index is 0.557. The molecule has 1 aromatic heterocycles. The van der Waals surface area contributed by atoms with E-state index in [-0.39, 0.29) is 0 Å². The maximum atomic E-state index is 10.5. The number of rotatable bonds is 5. The van der Waals surface area contributed by atoms with Crippen molar-refractivity contribution in [3.05, 3.63) is 6.07 Å². The Morgan fingerprint density at radius 2 is 1.95 bits per heavy atom. The molecule has 2 rings (SSSR count). The molecule has 0 atom stereocenters. The fourth-order valence-corrected chi connectivity index (χ4v) is 2.76. The number of aliphatic hydroxyl groups is 1. The van der Waals surface area contributed by atoms with Crippen LogP contribution < -0.4 is 10.6 Å². The summed E-state index contributed by atoms with van der Waals surface area (Å²) in [5.41, 5.74) is -0.581. The van der Waals surface area contributed by atoms with Gasteiger partial charge in [-0.15, -0.1) is 0 Å². The van der Waals surface area contributed by atoms with Gasteiger partial charge in [0.1, 0.15) is 11.6 Å². The van der Waals surface area contributed by atoms with E-state index >= 15 is 0 Å². The second-order valence-corrected chi connectivity index (χ2v) is 5.79. The summed E-state index contributed by atoms with van der Waals surface area (Å²) in [4.78, 5) is 8.73. The Morgan fingerprint density at radius 1 is 1.26 bits per heavy atom. The van der Waals surface area contributed by atoms with Crippen molar-refractivity contribution in [2.75, 3.05) is 30.5 Å². The topological polar surface area (TPSA) is 70.1 Å². The number of hydrogen-bond acceptors (Lipinski definition) is 6. The molecule has 0 aromatic carbocycles. The third kappa shape index (κ3) is 3.98. The Labute approximate surface area is 118 Å². The van der Waals surface area contributed by atoms with Crippen molar-refractivity contribution in [1.29, 1.82) is 0 Å². The van der Waals surface area contributed by atoms with Gasteiger partial charge < -0.3 is 15.7 Å². The predicted octanol–water partition coefficient (Wildman–Crippen LogP) is 2.35. The molecule has 1 aromatic rings. The van der Waals surface area contributed by atoms with E-state index in [0.29, 0.717) is 6.54 Å². The van der Waals surface area contributed by atoms with Crippen LogP contribution in [0.1, 0.15) is 32.1 Å². The molecule has 106 valence electrons. The van der Waals surface area contributed by atoms with Gasteiger partial charge in [0.2, 0.25) is 0 Å². The average Bonchev–Trinajstić information content (AvgIpc) is 2.45. The zero-order chi connectivity index (χ0) is 13.7. The maximum absolute atomic E-state index is 10.5. The van der Waals surface area contributed by atoms with Gasteiger partial charge in [-0.3, -0.25) is 0 Å². The highest BCUT2D eigenvalue weighted by Gasteiger charge is 2.28. The molecule has 0 amide bonds. The van der Waals surface area contributed by atoms with E-state index < -0.39 is 5.60 Å². The highest BCUT2D eigenvalue weighted by molar-refractivity contribution is 7.98. The summed E-state index contributed by atoms with van der Waals surface area (Å²) in [5.74, 6) is 1.56. The van der Waals surface area contributed by atoms with E-state index in [1.807, 2.05) is 19.4 Å². The molecule has 1 saturated carbocycles. The molecule has 0 aliphatic heterocycles. The van der Waals surface area contributed by atoms with Crippen LogP contribution in [0.4, 0.5) is 11.6 Å². The van der Waals surface area contributed by atoms with Crippen LogP contribution in [-0.4, -0.2) is 40.5 Å². The summed E-state index contributed by atoms with van der Waals surface area (Å²) in [5, 5.41) is 17.5. The average molecular weight is 282 g/mol. The first-order chi connectivity index (χ1) is 9.15. The van der Waals surface area contributed by atoms with Crippen molar-refractivity contribution in [3.63, 3.8) is 0 Å². The first-order valence-electron chi connectivity index (χ1n) is 6.72. The second kappa shape index (κ2) is 6.43. The zero-order valence-corrected chi connectivity index (χ0v) is 12.4. The third-order valence-corrected chi connectivity index (χ3v) is 4.07.